The number of fused-ring (bicyclic) bond motifs is 1. The van der Waals surface area contributed by atoms with Crippen molar-refractivity contribution in [3.63, 3.8) is 0 Å². The maximum atomic E-state index is 5.05. The van der Waals surface area contributed by atoms with Gasteiger partial charge in [0.15, 0.2) is 0 Å². The minimum Gasteiger partial charge on any atom is -0.317 e. The van der Waals surface area contributed by atoms with Crippen molar-refractivity contribution < 1.29 is 0 Å². The van der Waals surface area contributed by atoms with Gasteiger partial charge in [0.05, 0.1) is 11.7 Å². The molecule has 2 aliphatic carbocycles. The van der Waals surface area contributed by atoms with Crippen LogP contribution in [0.3, 0.4) is 0 Å². The molecule has 1 atom stereocenters. The van der Waals surface area contributed by atoms with Gasteiger partial charge in [-0.1, -0.05) is 12.2 Å². The molecule has 132 valence electrons. The van der Waals surface area contributed by atoms with E-state index in [0.29, 0.717) is 12.0 Å². The summed E-state index contributed by atoms with van der Waals surface area (Å²) in [4.78, 5) is 4.18. The van der Waals surface area contributed by atoms with Crippen molar-refractivity contribution in [3.8, 4) is 11.3 Å². The predicted molar refractivity (Wildman–Crippen MR) is 103 cm³/mol. The van der Waals surface area contributed by atoms with Crippen molar-refractivity contribution in [1.82, 2.24) is 20.1 Å². The van der Waals surface area contributed by atoms with Gasteiger partial charge in [-0.2, -0.15) is 5.10 Å². The van der Waals surface area contributed by atoms with Crippen LogP contribution in [0.1, 0.15) is 49.6 Å². The molecule has 2 aromatic heterocycles. The number of aromatic nitrogens is 3. The molecule has 1 N–H and O–H groups in total. The molecule has 0 amide bonds. The largest absolute Gasteiger partial charge is 0.317 e. The Labute approximate surface area is 155 Å². The minimum atomic E-state index is 0.293. The van der Waals surface area contributed by atoms with Crippen LogP contribution in [0.15, 0.2) is 54.0 Å². The average Bonchev–Trinajstić information content (AvgIpc) is 3.36. The van der Waals surface area contributed by atoms with Gasteiger partial charge in [0, 0.05) is 42.1 Å². The molecule has 0 aromatic carbocycles. The summed E-state index contributed by atoms with van der Waals surface area (Å²) in [6, 6.07) is 4.63. The highest BCUT2D eigenvalue weighted by molar-refractivity contribution is 5.64. The fourth-order valence-corrected chi connectivity index (χ4v) is 4.37. The normalized spacial score (nSPS) is 23.5. The highest BCUT2D eigenvalue weighted by atomic mass is 15.3. The number of nitrogens with zero attached hydrogens (tertiary/aromatic N) is 3. The van der Waals surface area contributed by atoms with Crippen LogP contribution in [0, 0.1) is 6.42 Å². The second kappa shape index (κ2) is 6.84. The van der Waals surface area contributed by atoms with E-state index in [-0.39, 0.29) is 0 Å². The van der Waals surface area contributed by atoms with E-state index in [2.05, 4.69) is 51.9 Å². The lowest BCUT2D eigenvalue weighted by molar-refractivity contribution is 0.343. The second-order valence-corrected chi connectivity index (χ2v) is 7.45. The van der Waals surface area contributed by atoms with Gasteiger partial charge < -0.3 is 5.32 Å². The first-order valence-electron chi connectivity index (χ1n) is 9.75. The van der Waals surface area contributed by atoms with Crippen LogP contribution >= 0.6 is 0 Å². The van der Waals surface area contributed by atoms with Gasteiger partial charge in [-0.3, -0.25) is 9.67 Å². The van der Waals surface area contributed by atoms with Crippen molar-refractivity contribution in [2.45, 2.75) is 44.1 Å². The lowest BCUT2D eigenvalue weighted by Crippen LogP contribution is -2.29. The zero-order valence-corrected chi connectivity index (χ0v) is 15.0. The first kappa shape index (κ1) is 16.0. The van der Waals surface area contributed by atoms with Gasteiger partial charge in [-0.15, -0.1) is 0 Å². The van der Waals surface area contributed by atoms with Crippen molar-refractivity contribution in [2.75, 3.05) is 13.1 Å². The third-order valence-electron chi connectivity index (χ3n) is 5.81. The molecule has 1 aliphatic heterocycles. The Morgan fingerprint density at radius 2 is 1.96 bits per heavy atom. The molecule has 3 heterocycles. The van der Waals surface area contributed by atoms with E-state index in [1.54, 1.807) is 0 Å². The van der Waals surface area contributed by atoms with Crippen LogP contribution in [0.25, 0.3) is 11.3 Å². The summed E-state index contributed by atoms with van der Waals surface area (Å²) in [5.41, 5.74) is 6.37. The quantitative estimate of drug-likeness (QED) is 0.912. The molecule has 1 saturated heterocycles. The molecule has 4 nitrogen and oxygen atoms in total. The Bertz CT molecular complexity index is 840. The maximum Gasteiger partial charge on any atom is 0.0959 e. The molecule has 0 spiro atoms. The first-order valence-corrected chi connectivity index (χ1v) is 9.75. The number of allylic oxidation sites excluding steroid dienone is 4. The molecule has 1 unspecified atom stereocenters. The van der Waals surface area contributed by atoms with Crippen molar-refractivity contribution in [2.24, 2.45) is 0 Å². The van der Waals surface area contributed by atoms with Gasteiger partial charge >= 0.3 is 0 Å². The van der Waals surface area contributed by atoms with Gasteiger partial charge in [0.25, 0.3) is 0 Å². The van der Waals surface area contributed by atoms with Crippen molar-refractivity contribution >= 4 is 0 Å². The molecule has 5 rings (SSSR count). The molecule has 0 saturated carbocycles. The molecule has 2 radical (unpaired) electrons. The van der Waals surface area contributed by atoms with E-state index in [4.69, 9.17) is 5.10 Å². The molecular formula is C22H24N4. The molecule has 2 aromatic rings. The summed E-state index contributed by atoms with van der Waals surface area (Å²) in [5, 5.41) is 8.49. The fourth-order valence-electron chi connectivity index (χ4n) is 4.37. The first-order chi connectivity index (χ1) is 12.9. The van der Waals surface area contributed by atoms with Crippen LogP contribution in [0.4, 0.5) is 0 Å². The summed E-state index contributed by atoms with van der Waals surface area (Å²) in [6.07, 6.45) is 20.2. The van der Waals surface area contributed by atoms with Crippen molar-refractivity contribution in [1.29, 1.82) is 0 Å². The summed E-state index contributed by atoms with van der Waals surface area (Å²) in [6.45, 7) is 2.15. The number of pyridine rings is 1. The van der Waals surface area contributed by atoms with Gasteiger partial charge in [-0.05, 0) is 68.5 Å². The highest BCUT2D eigenvalue weighted by Gasteiger charge is 2.28. The van der Waals surface area contributed by atoms with E-state index in [1.807, 2.05) is 12.4 Å². The SMILES string of the molecule is [C]1C2=CCCC2=CCC1c1cn(C2CCNCC2)nc1-c1ccncc1. The third kappa shape index (κ3) is 2.92. The Morgan fingerprint density at radius 3 is 2.81 bits per heavy atom. The number of hydrogen-bond acceptors (Lipinski definition) is 3. The topological polar surface area (TPSA) is 42.7 Å². The minimum absolute atomic E-state index is 0.293. The van der Waals surface area contributed by atoms with Crippen LogP contribution < -0.4 is 5.32 Å². The maximum absolute atomic E-state index is 5.05. The second-order valence-electron chi connectivity index (χ2n) is 7.45. The lowest BCUT2D eigenvalue weighted by Gasteiger charge is -2.23. The fraction of sp³-hybridized carbons (Fsp3) is 0.409. The standard InChI is InChI=1S/C22H24N4/c1-2-16-4-5-19(14-18(16)3-1)21-15-26(20-8-12-24-13-9-20)25-22(21)17-6-10-23-11-7-17/h3-4,6-7,10-11,15,19-20,24H,1-2,5,8-9,12-13H2. The van der Waals surface area contributed by atoms with E-state index >= 15 is 0 Å². The van der Waals surface area contributed by atoms with Crippen LogP contribution in [0.2, 0.25) is 0 Å². The van der Waals surface area contributed by atoms with Gasteiger partial charge in [0.2, 0.25) is 0 Å². The Balaban J connectivity index is 1.53. The molecule has 4 heteroatoms. The summed E-state index contributed by atoms with van der Waals surface area (Å²) >= 11 is 0. The molecule has 3 aliphatic rings. The number of nitrogens with one attached hydrogen (secondary N) is 1. The highest BCUT2D eigenvalue weighted by Crippen LogP contribution is 2.42. The Kier molecular flexibility index (Phi) is 4.21. The van der Waals surface area contributed by atoms with E-state index in [9.17, 15) is 0 Å². The molecule has 1 fully saturated rings. The zero-order chi connectivity index (χ0) is 17.3. The van der Waals surface area contributed by atoms with Crippen LogP contribution in [-0.4, -0.2) is 27.9 Å². The third-order valence-corrected chi connectivity index (χ3v) is 5.81. The van der Waals surface area contributed by atoms with Crippen LogP contribution in [0.5, 0.6) is 0 Å². The zero-order valence-electron chi connectivity index (χ0n) is 15.0. The van der Waals surface area contributed by atoms with E-state index < -0.39 is 0 Å². The molecular weight excluding hydrogens is 320 g/mol. The van der Waals surface area contributed by atoms with E-state index in [0.717, 1.165) is 50.0 Å². The average molecular weight is 344 g/mol. The summed E-state index contributed by atoms with van der Waals surface area (Å²) in [7, 11) is 0. The van der Waals surface area contributed by atoms with Crippen molar-refractivity contribution in [3.05, 3.63) is 66.0 Å². The number of piperidine rings is 1. The molecule has 26 heavy (non-hydrogen) atoms. The molecule has 0 bridgehead atoms. The summed E-state index contributed by atoms with van der Waals surface area (Å²) in [5.74, 6) is 0.293. The van der Waals surface area contributed by atoms with Gasteiger partial charge in [0.1, 0.15) is 0 Å². The number of hydrogen-bond donors (Lipinski definition) is 1. The summed E-state index contributed by atoms with van der Waals surface area (Å²) < 4.78 is 2.22. The predicted octanol–water partition coefficient (Wildman–Crippen LogP) is 4.08. The van der Waals surface area contributed by atoms with Crippen LogP contribution in [-0.2, 0) is 0 Å². The Morgan fingerprint density at radius 1 is 1.12 bits per heavy atom. The Hall–Kier alpha value is -2.20. The monoisotopic (exact) mass is 344 g/mol. The number of rotatable bonds is 3. The van der Waals surface area contributed by atoms with Gasteiger partial charge in [-0.25, -0.2) is 0 Å². The van der Waals surface area contributed by atoms with E-state index in [1.165, 1.54) is 23.1 Å². The lowest BCUT2D eigenvalue weighted by atomic mass is 9.82. The smallest absolute Gasteiger partial charge is 0.0959 e.